The quantitative estimate of drug-likeness (QED) is 0.639. The summed E-state index contributed by atoms with van der Waals surface area (Å²) in [5, 5.41) is 12.6. The molecule has 1 N–H and O–H groups in total. The third-order valence-electron chi connectivity index (χ3n) is 4.71. The zero-order valence-electron chi connectivity index (χ0n) is 16.3. The van der Waals surface area contributed by atoms with Gasteiger partial charge in [0.1, 0.15) is 11.6 Å². The summed E-state index contributed by atoms with van der Waals surface area (Å²) in [6.45, 7) is 6.43. The molecule has 2 aromatic carbocycles. The van der Waals surface area contributed by atoms with Gasteiger partial charge in [-0.1, -0.05) is 62.4 Å². The molecule has 2 aromatic rings. The highest BCUT2D eigenvalue weighted by atomic mass is 16.2. The lowest BCUT2D eigenvalue weighted by Gasteiger charge is -2.19. The Labute approximate surface area is 165 Å². The van der Waals surface area contributed by atoms with E-state index in [1.807, 2.05) is 75.4 Å². The number of anilines is 1. The fourth-order valence-corrected chi connectivity index (χ4v) is 3.38. The van der Waals surface area contributed by atoms with Crippen molar-refractivity contribution < 1.29 is 9.59 Å². The molecule has 1 aliphatic heterocycles. The number of nitriles is 1. The molecule has 0 saturated carbocycles. The van der Waals surface area contributed by atoms with Crippen molar-refractivity contribution in [3.05, 3.63) is 71.3 Å². The first-order valence-electron chi connectivity index (χ1n) is 9.35. The van der Waals surface area contributed by atoms with Crippen LogP contribution in [0, 0.1) is 17.2 Å². The minimum absolute atomic E-state index is 0.147. The Morgan fingerprint density at radius 3 is 2.36 bits per heavy atom. The Bertz CT molecular complexity index is 971. The van der Waals surface area contributed by atoms with Crippen LogP contribution in [0.5, 0.6) is 0 Å². The fraction of sp³-hybridized carbons (Fsp3) is 0.261. The van der Waals surface area contributed by atoms with Crippen LogP contribution < -0.4 is 10.2 Å². The van der Waals surface area contributed by atoms with Crippen LogP contribution in [0.1, 0.15) is 37.9 Å². The standard InChI is InChI=1S/C23H23N3O2/c1-15(2)14-26-20-12-8-7-11-18(20)21(23(26)28)19(13-24)22(27)25-16(3)17-9-5-4-6-10-17/h4-12,15-16H,14H2,1-3H3,(H,25,27). The summed E-state index contributed by atoms with van der Waals surface area (Å²) >= 11 is 0. The van der Waals surface area contributed by atoms with Gasteiger partial charge in [-0.25, -0.2) is 0 Å². The van der Waals surface area contributed by atoms with Gasteiger partial charge in [-0.3, -0.25) is 9.59 Å². The van der Waals surface area contributed by atoms with E-state index in [4.69, 9.17) is 0 Å². The number of nitrogens with zero attached hydrogens (tertiary/aromatic N) is 2. The van der Waals surface area contributed by atoms with Crippen LogP contribution >= 0.6 is 0 Å². The van der Waals surface area contributed by atoms with Crippen LogP contribution in [0.15, 0.2) is 60.2 Å². The van der Waals surface area contributed by atoms with Crippen molar-refractivity contribution in [3.63, 3.8) is 0 Å². The predicted octanol–water partition coefficient (Wildman–Crippen LogP) is 3.84. The average molecular weight is 373 g/mol. The van der Waals surface area contributed by atoms with E-state index >= 15 is 0 Å². The average Bonchev–Trinajstić information content (AvgIpc) is 2.95. The molecule has 3 rings (SSSR count). The topological polar surface area (TPSA) is 73.2 Å². The number of hydrogen-bond acceptors (Lipinski definition) is 3. The number of fused-ring (bicyclic) bond motifs is 1. The van der Waals surface area contributed by atoms with E-state index in [2.05, 4.69) is 5.32 Å². The molecule has 2 amide bonds. The Kier molecular flexibility index (Phi) is 5.60. The van der Waals surface area contributed by atoms with Gasteiger partial charge in [0.25, 0.3) is 11.8 Å². The monoisotopic (exact) mass is 373 g/mol. The minimum Gasteiger partial charge on any atom is -0.345 e. The first kappa shape index (κ1) is 19.4. The maximum atomic E-state index is 13.1. The molecule has 0 bridgehead atoms. The molecule has 5 heteroatoms. The Balaban J connectivity index is 1.98. The molecule has 142 valence electrons. The number of carbonyl (C=O) groups is 2. The van der Waals surface area contributed by atoms with Crippen molar-refractivity contribution in [3.8, 4) is 6.07 Å². The fourth-order valence-electron chi connectivity index (χ4n) is 3.38. The smallest absolute Gasteiger partial charge is 0.263 e. The van der Waals surface area contributed by atoms with E-state index in [0.29, 0.717) is 12.1 Å². The van der Waals surface area contributed by atoms with Crippen LogP contribution in [0.25, 0.3) is 5.57 Å². The van der Waals surface area contributed by atoms with Crippen molar-refractivity contribution in [2.75, 3.05) is 11.4 Å². The summed E-state index contributed by atoms with van der Waals surface area (Å²) in [7, 11) is 0. The van der Waals surface area contributed by atoms with E-state index in [9.17, 15) is 14.9 Å². The molecule has 5 nitrogen and oxygen atoms in total. The van der Waals surface area contributed by atoms with E-state index in [1.165, 1.54) is 0 Å². The molecule has 0 radical (unpaired) electrons. The number of hydrogen-bond donors (Lipinski definition) is 1. The summed E-state index contributed by atoms with van der Waals surface area (Å²) in [5.41, 5.74) is 2.33. The lowest BCUT2D eigenvalue weighted by Crippen LogP contribution is -2.32. The number of carbonyl (C=O) groups excluding carboxylic acids is 2. The van der Waals surface area contributed by atoms with E-state index in [1.54, 1.807) is 11.0 Å². The maximum absolute atomic E-state index is 13.1. The molecule has 0 spiro atoms. The highest BCUT2D eigenvalue weighted by Crippen LogP contribution is 2.38. The van der Waals surface area contributed by atoms with Crippen molar-refractivity contribution in [1.29, 1.82) is 5.26 Å². The molecule has 0 aromatic heterocycles. The molecule has 28 heavy (non-hydrogen) atoms. The van der Waals surface area contributed by atoms with Crippen LogP contribution in [0.2, 0.25) is 0 Å². The van der Waals surface area contributed by atoms with Gasteiger partial charge in [-0.05, 0) is 24.5 Å². The van der Waals surface area contributed by atoms with Gasteiger partial charge < -0.3 is 10.2 Å². The Morgan fingerprint density at radius 2 is 1.71 bits per heavy atom. The van der Waals surface area contributed by atoms with Gasteiger partial charge in [-0.15, -0.1) is 0 Å². The number of para-hydroxylation sites is 1. The number of amides is 2. The lowest BCUT2D eigenvalue weighted by molar-refractivity contribution is -0.118. The molecule has 1 atom stereocenters. The molecule has 0 saturated heterocycles. The van der Waals surface area contributed by atoms with Gasteiger partial charge in [-0.2, -0.15) is 5.26 Å². The Hall–Kier alpha value is -3.39. The highest BCUT2D eigenvalue weighted by molar-refractivity contribution is 6.37. The predicted molar refractivity (Wildman–Crippen MR) is 109 cm³/mol. The number of rotatable bonds is 5. The summed E-state index contributed by atoms with van der Waals surface area (Å²) in [4.78, 5) is 27.6. The molecule has 1 heterocycles. The van der Waals surface area contributed by atoms with Crippen molar-refractivity contribution >= 4 is 23.1 Å². The third-order valence-corrected chi connectivity index (χ3v) is 4.71. The van der Waals surface area contributed by atoms with E-state index in [-0.39, 0.29) is 29.0 Å². The number of nitrogens with one attached hydrogen (secondary N) is 1. The number of benzene rings is 2. The minimum atomic E-state index is -0.539. The second-order valence-corrected chi connectivity index (χ2v) is 7.29. The largest absolute Gasteiger partial charge is 0.345 e. The highest BCUT2D eigenvalue weighted by Gasteiger charge is 2.36. The summed E-state index contributed by atoms with van der Waals surface area (Å²) in [5.74, 6) is -0.578. The van der Waals surface area contributed by atoms with Crippen LogP contribution in [-0.4, -0.2) is 18.4 Å². The van der Waals surface area contributed by atoms with Crippen LogP contribution in [0.4, 0.5) is 5.69 Å². The first-order valence-corrected chi connectivity index (χ1v) is 9.35. The molecular formula is C23H23N3O2. The zero-order chi connectivity index (χ0) is 20.3. The summed E-state index contributed by atoms with van der Waals surface area (Å²) in [6.07, 6.45) is 0. The SMILES string of the molecule is CC(C)CN1C(=O)C(=C(C#N)C(=O)NC(C)c2ccccc2)c2ccccc21. The van der Waals surface area contributed by atoms with E-state index in [0.717, 1.165) is 11.3 Å². The molecular weight excluding hydrogens is 350 g/mol. The second-order valence-electron chi connectivity index (χ2n) is 7.29. The first-order chi connectivity index (χ1) is 13.4. The second kappa shape index (κ2) is 8.10. The van der Waals surface area contributed by atoms with Gasteiger partial charge in [0.15, 0.2) is 0 Å². The van der Waals surface area contributed by atoms with Crippen molar-refractivity contribution in [2.24, 2.45) is 5.92 Å². The van der Waals surface area contributed by atoms with Crippen molar-refractivity contribution in [1.82, 2.24) is 5.32 Å². The molecule has 1 unspecified atom stereocenters. The van der Waals surface area contributed by atoms with E-state index < -0.39 is 5.91 Å². The van der Waals surface area contributed by atoms with Gasteiger partial charge >= 0.3 is 0 Å². The molecule has 1 aliphatic rings. The maximum Gasteiger partial charge on any atom is 0.263 e. The zero-order valence-corrected chi connectivity index (χ0v) is 16.3. The van der Waals surface area contributed by atoms with Gasteiger partial charge in [0.2, 0.25) is 0 Å². The third kappa shape index (κ3) is 3.67. The van der Waals surface area contributed by atoms with Crippen LogP contribution in [0.3, 0.4) is 0 Å². The van der Waals surface area contributed by atoms with Gasteiger partial charge in [0, 0.05) is 12.1 Å². The summed E-state index contributed by atoms with van der Waals surface area (Å²) < 4.78 is 0. The van der Waals surface area contributed by atoms with Crippen LogP contribution in [-0.2, 0) is 9.59 Å². The normalized spacial score (nSPS) is 15.8. The van der Waals surface area contributed by atoms with Gasteiger partial charge in [0.05, 0.1) is 17.3 Å². The summed E-state index contributed by atoms with van der Waals surface area (Å²) in [6, 6.07) is 18.5. The Morgan fingerprint density at radius 1 is 1.07 bits per heavy atom. The molecule has 0 aliphatic carbocycles. The van der Waals surface area contributed by atoms with Crippen molar-refractivity contribution in [2.45, 2.75) is 26.8 Å². The molecule has 0 fully saturated rings. The lowest BCUT2D eigenvalue weighted by atomic mass is 10.0.